The maximum atomic E-state index is 9.08. The van der Waals surface area contributed by atoms with Gasteiger partial charge < -0.3 is 5.11 Å². The van der Waals surface area contributed by atoms with Gasteiger partial charge in [0.15, 0.2) is 0 Å². The molecule has 14 heavy (non-hydrogen) atoms. The van der Waals surface area contributed by atoms with Crippen molar-refractivity contribution < 1.29 is 5.11 Å². The van der Waals surface area contributed by atoms with Crippen molar-refractivity contribution in [1.29, 1.82) is 5.26 Å². The number of phenolic OH excluding ortho intramolecular Hbond substituents is 1. The summed E-state index contributed by atoms with van der Waals surface area (Å²) >= 11 is 6.65. The lowest BCUT2D eigenvalue weighted by Gasteiger charge is -2.15. The van der Waals surface area contributed by atoms with E-state index in [1.54, 1.807) is 12.1 Å². The molecule has 1 unspecified atom stereocenters. The Balaban J connectivity index is 2.79. The molecule has 0 aromatic heterocycles. The predicted molar refractivity (Wildman–Crippen MR) is 62.9 cm³/mol. The summed E-state index contributed by atoms with van der Waals surface area (Å²) in [4.78, 5) is 0. The molecule has 4 heteroatoms. The van der Waals surface area contributed by atoms with Crippen molar-refractivity contribution in [2.45, 2.75) is 10.7 Å². The van der Waals surface area contributed by atoms with Gasteiger partial charge in [0, 0.05) is 11.8 Å². The van der Waals surface area contributed by atoms with Crippen LogP contribution >= 0.6 is 31.9 Å². The van der Waals surface area contributed by atoms with Crippen molar-refractivity contribution in [1.82, 2.24) is 0 Å². The van der Waals surface area contributed by atoms with E-state index >= 15 is 0 Å². The van der Waals surface area contributed by atoms with Gasteiger partial charge in [0.25, 0.3) is 0 Å². The van der Waals surface area contributed by atoms with Gasteiger partial charge in [-0.25, -0.2) is 0 Å². The molecule has 0 aliphatic carbocycles. The number of aromatic hydroxyl groups is 1. The van der Waals surface area contributed by atoms with Crippen molar-refractivity contribution in [2.75, 3.05) is 5.33 Å². The van der Waals surface area contributed by atoms with Crippen LogP contribution in [0, 0.1) is 11.3 Å². The molecule has 74 valence electrons. The molecule has 1 rings (SSSR count). The van der Waals surface area contributed by atoms with Crippen LogP contribution in [0.15, 0.2) is 24.3 Å². The SMILES string of the molecule is N#CC(Br)(CBr)Cc1ccc(O)cc1. The Morgan fingerprint density at radius 2 is 1.93 bits per heavy atom. The zero-order valence-electron chi connectivity index (χ0n) is 7.37. The lowest BCUT2D eigenvalue weighted by Crippen LogP contribution is -2.23. The monoisotopic (exact) mass is 317 g/mol. The summed E-state index contributed by atoms with van der Waals surface area (Å²) in [6.07, 6.45) is 0.606. The fourth-order valence-corrected chi connectivity index (χ4v) is 1.70. The van der Waals surface area contributed by atoms with Gasteiger partial charge in [-0.1, -0.05) is 44.0 Å². The van der Waals surface area contributed by atoms with Gasteiger partial charge in [-0.15, -0.1) is 0 Å². The predicted octanol–water partition coefficient (Wildman–Crippen LogP) is 2.99. The molecule has 0 heterocycles. The number of halogens is 2. The van der Waals surface area contributed by atoms with Crippen molar-refractivity contribution >= 4 is 31.9 Å². The van der Waals surface area contributed by atoms with Crippen LogP contribution in [-0.2, 0) is 6.42 Å². The van der Waals surface area contributed by atoms with Crippen LogP contribution in [0.25, 0.3) is 0 Å². The van der Waals surface area contributed by atoms with Crippen molar-refractivity contribution in [2.24, 2.45) is 0 Å². The van der Waals surface area contributed by atoms with Gasteiger partial charge in [0.05, 0.1) is 6.07 Å². The molecule has 0 radical (unpaired) electrons. The zero-order valence-corrected chi connectivity index (χ0v) is 10.5. The second kappa shape index (κ2) is 4.81. The highest BCUT2D eigenvalue weighted by Crippen LogP contribution is 2.25. The third kappa shape index (κ3) is 3.00. The minimum absolute atomic E-state index is 0.240. The molecule has 1 N–H and O–H groups in total. The third-order valence-corrected chi connectivity index (χ3v) is 4.28. The van der Waals surface area contributed by atoms with Crippen LogP contribution in [0.2, 0.25) is 0 Å². The first-order chi connectivity index (χ1) is 6.59. The maximum absolute atomic E-state index is 9.08. The highest BCUT2D eigenvalue weighted by atomic mass is 79.9. The van der Waals surface area contributed by atoms with Crippen molar-refractivity contribution in [3.05, 3.63) is 29.8 Å². The summed E-state index contributed by atoms with van der Waals surface area (Å²) in [5, 5.41) is 18.6. The van der Waals surface area contributed by atoms with E-state index in [0.29, 0.717) is 11.8 Å². The standard InChI is InChI=1S/C10H9Br2NO/c11-6-10(12,7-13)5-8-1-3-9(14)4-2-8/h1-4,14H,5-6H2. The summed E-state index contributed by atoms with van der Waals surface area (Å²) in [6, 6.07) is 9.06. The minimum atomic E-state index is -0.566. The fourth-order valence-electron chi connectivity index (χ4n) is 1.05. The molecule has 0 aliphatic heterocycles. The molecule has 1 aromatic carbocycles. The molecule has 0 spiro atoms. The average Bonchev–Trinajstić information content (AvgIpc) is 2.21. The highest BCUT2D eigenvalue weighted by molar-refractivity contribution is 9.12. The maximum Gasteiger partial charge on any atom is 0.126 e. The topological polar surface area (TPSA) is 44.0 Å². The first-order valence-corrected chi connectivity index (χ1v) is 5.95. The number of phenols is 1. The van der Waals surface area contributed by atoms with Gasteiger partial charge in [-0.3, -0.25) is 0 Å². The van der Waals surface area contributed by atoms with Gasteiger partial charge in [0.1, 0.15) is 10.1 Å². The minimum Gasteiger partial charge on any atom is -0.508 e. The number of nitriles is 1. The Labute approximate surface area is 99.8 Å². The Bertz CT molecular complexity index is 344. The molecular formula is C10H9Br2NO. The van der Waals surface area contributed by atoms with Crippen LogP contribution in [0.5, 0.6) is 5.75 Å². The molecule has 1 aromatic rings. The summed E-state index contributed by atoms with van der Waals surface area (Å²) in [5.41, 5.74) is 1.01. The molecule has 0 saturated heterocycles. The van der Waals surface area contributed by atoms with E-state index < -0.39 is 4.32 Å². The molecule has 0 aliphatic rings. The zero-order chi connectivity index (χ0) is 10.6. The smallest absolute Gasteiger partial charge is 0.126 e. The molecule has 0 amide bonds. The van der Waals surface area contributed by atoms with E-state index in [1.807, 2.05) is 12.1 Å². The molecule has 0 saturated carbocycles. The van der Waals surface area contributed by atoms with E-state index in [4.69, 9.17) is 10.4 Å². The van der Waals surface area contributed by atoms with Crippen LogP contribution in [-0.4, -0.2) is 14.8 Å². The van der Waals surface area contributed by atoms with Crippen LogP contribution < -0.4 is 0 Å². The second-order valence-electron chi connectivity index (χ2n) is 3.05. The quantitative estimate of drug-likeness (QED) is 0.871. The highest BCUT2D eigenvalue weighted by Gasteiger charge is 2.25. The van der Waals surface area contributed by atoms with E-state index in [2.05, 4.69) is 37.9 Å². The normalized spacial score (nSPS) is 14.4. The number of nitrogens with zero attached hydrogens (tertiary/aromatic N) is 1. The van der Waals surface area contributed by atoms with Crippen molar-refractivity contribution in [3.63, 3.8) is 0 Å². The van der Waals surface area contributed by atoms with E-state index in [9.17, 15) is 0 Å². The Morgan fingerprint density at radius 1 is 1.36 bits per heavy atom. The molecular weight excluding hydrogens is 310 g/mol. The van der Waals surface area contributed by atoms with Gasteiger partial charge >= 0.3 is 0 Å². The lowest BCUT2D eigenvalue weighted by atomic mass is 10.0. The van der Waals surface area contributed by atoms with E-state index in [0.717, 1.165) is 5.56 Å². The van der Waals surface area contributed by atoms with Crippen LogP contribution in [0.3, 0.4) is 0 Å². The fraction of sp³-hybridized carbons (Fsp3) is 0.300. The molecule has 1 atom stereocenters. The van der Waals surface area contributed by atoms with Crippen LogP contribution in [0.4, 0.5) is 0 Å². The molecule has 0 bridgehead atoms. The van der Waals surface area contributed by atoms with Gasteiger partial charge in [-0.2, -0.15) is 5.26 Å². The number of benzene rings is 1. The third-order valence-electron chi connectivity index (χ3n) is 1.83. The molecule has 0 fully saturated rings. The molecule has 2 nitrogen and oxygen atoms in total. The van der Waals surface area contributed by atoms with E-state index in [-0.39, 0.29) is 5.75 Å². The summed E-state index contributed by atoms with van der Waals surface area (Å²) in [7, 11) is 0. The Morgan fingerprint density at radius 3 is 2.36 bits per heavy atom. The Kier molecular flexibility index (Phi) is 3.97. The second-order valence-corrected chi connectivity index (χ2v) is 5.13. The first kappa shape index (κ1) is 11.5. The summed E-state index contributed by atoms with van der Waals surface area (Å²) < 4.78 is -0.566. The van der Waals surface area contributed by atoms with E-state index in [1.165, 1.54) is 0 Å². The van der Waals surface area contributed by atoms with Crippen molar-refractivity contribution in [3.8, 4) is 11.8 Å². The van der Waals surface area contributed by atoms with Gasteiger partial charge in [-0.05, 0) is 17.7 Å². The number of rotatable bonds is 3. The Hall–Kier alpha value is -0.530. The van der Waals surface area contributed by atoms with Gasteiger partial charge in [0.2, 0.25) is 0 Å². The number of hydrogen-bond acceptors (Lipinski definition) is 2. The first-order valence-electron chi connectivity index (χ1n) is 4.04. The average molecular weight is 319 g/mol. The largest absolute Gasteiger partial charge is 0.508 e. The number of hydrogen-bond donors (Lipinski definition) is 1. The van der Waals surface area contributed by atoms with Crippen LogP contribution in [0.1, 0.15) is 5.56 Å². The lowest BCUT2D eigenvalue weighted by molar-refractivity contribution is 0.475. The summed E-state index contributed by atoms with van der Waals surface area (Å²) in [5.74, 6) is 0.240. The summed E-state index contributed by atoms with van der Waals surface area (Å²) in [6.45, 7) is 0. The number of alkyl halides is 2.